The Kier molecular flexibility index (Phi) is 30.0. The van der Waals surface area contributed by atoms with Crippen molar-refractivity contribution >= 4 is 25.5 Å². The van der Waals surface area contributed by atoms with Gasteiger partial charge in [0.1, 0.15) is 12.7 Å². The number of phosphoric acid groups is 1. The molecule has 6 atom stereocenters. The predicted molar refractivity (Wildman–Crippen MR) is 214 cm³/mol. The van der Waals surface area contributed by atoms with Crippen LogP contribution >= 0.6 is 7.82 Å². The number of aliphatic hydroxyl groups excluding tert-OH is 3. The van der Waals surface area contributed by atoms with Crippen molar-refractivity contribution in [1.29, 1.82) is 0 Å². The minimum Gasteiger partial charge on any atom is -0.462 e. The molecule has 0 spiro atoms. The topological polar surface area (TPSA) is 186 Å². The Morgan fingerprint density at radius 2 is 1.38 bits per heavy atom. The van der Waals surface area contributed by atoms with Crippen LogP contribution in [-0.4, -0.2) is 82.7 Å². The summed E-state index contributed by atoms with van der Waals surface area (Å²) in [5.74, 6) is -1.35. The first-order valence-corrected chi connectivity index (χ1v) is 22.1. The first-order chi connectivity index (χ1) is 26.5. The summed E-state index contributed by atoms with van der Waals surface area (Å²) in [4.78, 5) is 47.4. The van der Waals surface area contributed by atoms with E-state index in [1.165, 1.54) is 25.7 Å². The first kappa shape index (κ1) is 50.6. The molecular formula is C42H71O12P. The van der Waals surface area contributed by atoms with E-state index in [0.29, 0.717) is 32.1 Å². The third-order valence-electron chi connectivity index (χ3n) is 9.20. The fourth-order valence-electron chi connectivity index (χ4n) is 5.86. The summed E-state index contributed by atoms with van der Waals surface area (Å²) in [6.07, 6.45) is 30.0. The fourth-order valence-corrected chi connectivity index (χ4v) is 6.65. The van der Waals surface area contributed by atoms with Gasteiger partial charge in [-0.25, -0.2) is 4.57 Å². The Balaban J connectivity index is 2.47. The van der Waals surface area contributed by atoms with Crippen LogP contribution in [-0.2, 0) is 37.5 Å². The zero-order valence-electron chi connectivity index (χ0n) is 33.5. The fraction of sp³-hybridized carbons (Fsp3) is 0.738. The molecule has 0 saturated carbocycles. The number of carbonyl (C=O) groups excluding carboxylic acids is 3. The number of hydrogen-bond acceptors (Lipinski definition) is 11. The van der Waals surface area contributed by atoms with Gasteiger partial charge in [-0.1, -0.05) is 114 Å². The van der Waals surface area contributed by atoms with Crippen molar-refractivity contribution in [2.45, 2.75) is 161 Å². The smallest absolute Gasteiger partial charge is 0.462 e. The third kappa shape index (κ3) is 27.7. The average Bonchev–Trinajstić information content (AvgIpc) is 3.52. The van der Waals surface area contributed by atoms with Crippen LogP contribution in [0.5, 0.6) is 0 Å². The normalized spacial score (nSPS) is 18.7. The molecule has 0 aliphatic heterocycles. The van der Waals surface area contributed by atoms with Gasteiger partial charge >= 0.3 is 19.8 Å². The quantitative estimate of drug-likeness (QED) is 0.0209. The number of unbranched alkanes of at least 4 members (excludes halogenated alkanes) is 12. The van der Waals surface area contributed by atoms with Crippen LogP contribution in [0.2, 0.25) is 0 Å². The van der Waals surface area contributed by atoms with Gasteiger partial charge in [-0.15, -0.1) is 0 Å². The number of aliphatic hydroxyl groups is 3. The Morgan fingerprint density at radius 3 is 2.09 bits per heavy atom. The Morgan fingerprint density at radius 1 is 0.782 bits per heavy atom. The number of esters is 2. The van der Waals surface area contributed by atoms with Gasteiger partial charge < -0.3 is 29.7 Å². The van der Waals surface area contributed by atoms with E-state index in [1.54, 1.807) is 12.2 Å². The SMILES string of the molecule is CCCCCC/C=C\CCCCCCCC(=O)O[C@H](COC(=O)CCC/C=C\C[C@H]1C=CC(=O)[C@@H]1/C=C/[C@@H](O)CCCCC)COP(=O)(O)OC[C@@H](O)CO. The molecule has 0 aromatic rings. The zero-order chi connectivity index (χ0) is 40.6. The van der Waals surface area contributed by atoms with Gasteiger partial charge in [0, 0.05) is 18.8 Å². The van der Waals surface area contributed by atoms with Crippen molar-refractivity contribution in [3.8, 4) is 0 Å². The van der Waals surface area contributed by atoms with Crippen LogP contribution in [0, 0.1) is 11.8 Å². The molecule has 0 aromatic heterocycles. The van der Waals surface area contributed by atoms with E-state index in [9.17, 15) is 34.1 Å². The van der Waals surface area contributed by atoms with E-state index in [2.05, 4.69) is 30.5 Å². The minimum absolute atomic E-state index is 0.0104. The van der Waals surface area contributed by atoms with Crippen molar-refractivity contribution in [2.75, 3.05) is 26.4 Å². The Labute approximate surface area is 330 Å². The largest absolute Gasteiger partial charge is 0.472 e. The second-order valence-corrected chi connectivity index (χ2v) is 15.8. The maximum atomic E-state index is 12.6. The highest BCUT2D eigenvalue weighted by Crippen LogP contribution is 2.43. The standard InChI is InChI=1S/C42H71O12P/c1-3-5-7-8-9-10-11-12-13-14-15-16-22-26-42(48)54-38(34-53-55(49,50)52-32-37(45)31-43)33-51-41(47)25-21-18-17-20-23-35-27-30-40(46)39(35)29-28-36(44)24-19-6-4-2/h10-11,17,20,27-30,35-39,43-45H,3-9,12-16,18-19,21-26,31-34H2,1-2H3,(H,49,50)/b11-10-,20-17-,29-28+/t35-,36-,37-,38+,39+/m0/s1. The van der Waals surface area contributed by atoms with Crippen LogP contribution in [0.3, 0.4) is 0 Å². The average molecular weight is 799 g/mol. The first-order valence-electron chi connectivity index (χ1n) is 20.7. The van der Waals surface area contributed by atoms with Crippen molar-refractivity contribution in [1.82, 2.24) is 0 Å². The van der Waals surface area contributed by atoms with Gasteiger partial charge in [-0.2, -0.15) is 0 Å². The molecule has 0 heterocycles. The van der Waals surface area contributed by atoms with E-state index in [0.717, 1.165) is 57.8 Å². The molecule has 0 bridgehead atoms. The van der Waals surface area contributed by atoms with Gasteiger partial charge in [0.25, 0.3) is 0 Å². The molecule has 1 rings (SSSR count). The summed E-state index contributed by atoms with van der Waals surface area (Å²) >= 11 is 0. The number of allylic oxidation sites excluding steroid dienone is 7. The molecule has 1 aliphatic carbocycles. The minimum atomic E-state index is -4.67. The van der Waals surface area contributed by atoms with Crippen LogP contribution in [0.1, 0.15) is 142 Å². The third-order valence-corrected chi connectivity index (χ3v) is 10.2. The molecule has 0 radical (unpaired) electrons. The second-order valence-electron chi connectivity index (χ2n) is 14.3. The summed E-state index contributed by atoms with van der Waals surface area (Å²) in [5.41, 5.74) is 0. The number of ketones is 1. The van der Waals surface area contributed by atoms with Crippen LogP contribution in [0.4, 0.5) is 0 Å². The second kappa shape index (κ2) is 32.6. The van der Waals surface area contributed by atoms with Crippen LogP contribution < -0.4 is 0 Å². The molecular weight excluding hydrogens is 727 g/mol. The predicted octanol–water partition coefficient (Wildman–Crippen LogP) is 8.17. The number of rotatable bonds is 35. The summed E-state index contributed by atoms with van der Waals surface area (Å²) in [6.45, 7) is 2.01. The van der Waals surface area contributed by atoms with E-state index in [1.807, 2.05) is 24.3 Å². The van der Waals surface area contributed by atoms with E-state index in [-0.39, 0.29) is 30.5 Å². The molecule has 55 heavy (non-hydrogen) atoms. The van der Waals surface area contributed by atoms with Crippen molar-refractivity contribution in [2.24, 2.45) is 11.8 Å². The monoisotopic (exact) mass is 798 g/mol. The lowest BCUT2D eigenvalue weighted by molar-refractivity contribution is -0.161. The van der Waals surface area contributed by atoms with E-state index >= 15 is 0 Å². The number of hydrogen-bond donors (Lipinski definition) is 4. The molecule has 4 N–H and O–H groups in total. The maximum absolute atomic E-state index is 12.6. The molecule has 1 aliphatic rings. The molecule has 0 saturated heterocycles. The Hall–Kier alpha value is -2.44. The summed E-state index contributed by atoms with van der Waals surface area (Å²) in [5, 5.41) is 28.5. The van der Waals surface area contributed by atoms with Crippen LogP contribution in [0.15, 0.2) is 48.6 Å². The van der Waals surface area contributed by atoms with E-state index in [4.69, 9.17) is 19.1 Å². The van der Waals surface area contributed by atoms with Crippen LogP contribution in [0.25, 0.3) is 0 Å². The van der Waals surface area contributed by atoms with Crippen molar-refractivity contribution in [3.63, 3.8) is 0 Å². The van der Waals surface area contributed by atoms with Crippen molar-refractivity contribution in [3.05, 3.63) is 48.6 Å². The van der Waals surface area contributed by atoms with Gasteiger partial charge in [-0.3, -0.25) is 23.4 Å². The van der Waals surface area contributed by atoms with Gasteiger partial charge in [-0.05, 0) is 69.8 Å². The molecule has 0 aromatic carbocycles. The van der Waals surface area contributed by atoms with Crippen molar-refractivity contribution < 1.29 is 57.7 Å². The number of ether oxygens (including phenoxy) is 2. The highest BCUT2D eigenvalue weighted by Gasteiger charge is 2.28. The lowest BCUT2D eigenvalue weighted by Gasteiger charge is -2.20. The zero-order valence-corrected chi connectivity index (χ0v) is 34.4. The molecule has 13 heteroatoms. The molecule has 0 amide bonds. The summed E-state index contributed by atoms with van der Waals surface area (Å²) < 4.78 is 32.6. The highest BCUT2D eigenvalue weighted by molar-refractivity contribution is 7.47. The molecule has 1 unspecified atom stereocenters. The lowest BCUT2D eigenvalue weighted by atomic mass is 9.90. The van der Waals surface area contributed by atoms with Gasteiger partial charge in [0.2, 0.25) is 0 Å². The van der Waals surface area contributed by atoms with E-state index < -0.39 is 64.5 Å². The van der Waals surface area contributed by atoms with Gasteiger partial charge in [0.05, 0.1) is 25.9 Å². The molecule has 316 valence electrons. The van der Waals surface area contributed by atoms with Gasteiger partial charge in [0.15, 0.2) is 11.9 Å². The lowest BCUT2D eigenvalue weighted by Crippen LogP contribution is -2.29. The Bertz CT molecular complexity index is 1200. The number of phosphoric ester groups is 1. The number of carbonyl (C=O) groups is 3. The molecule has 0 fully saturated rings. The highest BCUT2D eigenvalue weighted by atomic mass is 31.2. The molecule has 12 nitrogen and oxygen atoms in total. The summed E-state index contributed by atoms with van der Waals surface area (Å²) in [6, 6.07) is 0. The maximum Gasteiger partial charge on any atom is 0.472 e. The summed E-state index contributed by atoms with van der Waals surface area (Å²) in [7, 11) is -4.67.